The summed E-state index contributed by atoms with van der Waals surface area (Å²) < 4.78 is 5.29. The van der Waals surface area contributed by atoms with Gasteiger partial charge in [-0.05, 0) is 25.1 Å². The Kier molecular flexibility index (Phi) is 3.77. The van der Waals surface area contributed by atoms with Crippen molar-refractivity contribution in [2.75, 3.05) is 13.7 Å². The Bertz CT molecular complexity index is 350. The number of nitrogens with two attached hydrogens (primary N) is 1. The van der Waals surface area contributed by atoms with Gasteiger partial charge in [0.15, 0.2) is 0 Å². The number of amidine groups is 1. The molecule has 0 bridgehead atoms. The predicted molar refractivity (Wildman–Crippen MR) is 59.3 cm³/mol. The Morgan fingerprint density at radius 3 is 2.79 bits per heavy atom. The number of ether oxygens (including phenoxy) is 1. The lowest BCUT2D eigenvalue weighted by Crippen LogP contribution is -2.12. The molecule has 0 aliphatic rings. The smallest absolute Gasteiger partial charge is 0.137 e. The van der Waals surface area contributed by atoms with Gasteiger partial charge in [0, 0.05) is 12.6 Å². The van der Waals surface area contributed by atoms with Gasteiger partial charge in [0.05, 0.1) is 11.6 Å². The Morgan fingerprint density at radius 1 is 1.57 bits per heavy atom. The van der Waals surface area contributed by atoms with Gasteiger partial charge in [0.1, 0.15) is 11.6 Å². The van der Waals surface area contributed by atoms with Crippen LogP contribution in [0, 0.1) is 0 Å². The molecule has 0 aliphatic heterocycles. The second-order valence-electron chi connectivity index (χ2n) is 2.69. The number of nitrogens with zero attached hydrogens (tertiary/aromatic N) is 1. The Hall–Kier alpha value is -1.22. The van der Waals surface area contributed by atoms with Gasteiger partial charge in [-0.2, -0.15) is 0 Å². The fraction of sp³-hybridized carbons (Fsp3) is 0.300. The van der Waals surface area contributed by atoms with Crippen molar-refractivity contribution in [3.05, 3.63) is 28.8 Å². The molecule has 3 nitrogen and oxygen atoms in total. The maximum atomic E-state index is 5.97. The topological polar surface area (TPSA) is 47.6 Å². The van der Waals surface area contributed by atoms with Gasteiger partial charge in [-0.25, -0.2) is 0 Å². The van der Waals surface area contributed by atoms with Crippen LogP contribution in [0.4, 0.5) is 0 Å². The molecule has 1 aromatic rings. The molecule has 0 saturated carbocycles. The Labute approximate surface area is 88.5 Å². The highest BCUT2D eigenvalue weighted by molar-refractivity contribution is 6.32. The SMILES string of the molecule is CCOc1ccc(C(N)=NC)cc1Cl. The number of aliphatic imine (C=N–C) groups is 1. The number of hydrogen-bond acceptors (Lipinski definition) is 2. The van der Waals surface area contributed by atoms with E-state index in [4.69, 9.17) is 22.1 Å². The molecule has 1 rings (SSSR count). The molecule has 0 fully saturated rings. The molecule has 0 amide bonds. The van der Waals surface area contributed by atoms with E-state index in [-0.39, 0.29) is 0 Å². The van der Waals surface area contributed by atoms with Crippen molar-refractivity contribution in [3.63, 3.8) is 0 Å². The lowest BCUT2D eigenvalue weighted by atomic mass is 10.2. The van der Waals surface area contributed by atoms with E-state index in [2.05, 4.69) is 4.99 Å². The minimum Gasteiger partial charge on any atom is -0.492 e. The minimum atomic E-state index is 0.468. The maximum Gasteiger partial charge on any atom is 0.137 e. The van der Waals surface area contributed by atoms with Gasteiger partial charge in [-0.3, -0.25) is 4.99 Å². The van der Waals surface area contributed by atoms with Crippen LogP contribution in [0.3, 0.4) is 0 Å². The minimum absolute atomic E-state index is 0.468. The molecule has 0 radical (unpaired) electrons. The van der Waals surface area contributed by atoms with Crippen LogP contribution in [-0.2, 0) is 0 Å². The second kappa shape index (κ2) is 4.86. The first-order valence-electron chi connectivity index (χ1n) is 4.34. The van der Waals surface area contributed by atoms with Crippen molar-refractivity contribution >= 4 is 17.4 Å². The summed E-state index contributed by atoms with van der Waals surface area (Å²) in [6.45, 7) is 2.50. The van der Waals surface area contributed by atoms with Gasteiger partial charge < -0.3 is 10.5 Å². The van der Waals surface area contributed by atoms with Crippen molar-refractivity contribution in [1.29, 1.82) is 0 Å². The maximum absolute atomic E-state index is 5.97. The van der Waals surface area contributed by atoms with Crippen LogP contribution >= 0.6 is 11.6 Å². The van der Waals surface area contributed by atoms with Crippen molar-refractivity contribution in [3.8, 4) is 5.75 Å². The first kappa shape index (κ1) is 10.9. The van der Waals surface area contributed by atoms with Crippen molar-refractivity contribution in [1.82, 2.24) is 0 Å². The Morgan fingerprint density at radius 2 is 2.29 bits per heavy atom. The molecule has 4 heteroatoms. The quantitative estimate of drug-likeness (QED) is 0.616. The monoisotopic (exact) mass is 212 g/mol. The van der Waals surface area contributed by atoms with Gasteiger partial charge in [0.25, 0.3) is 0 Å². The molecule has 0 spiro atoms. The highest BCUT2D eigenvalue weighted by Gasteiger charge is 2.04. The average Bonchev–Trinajstić information content (AvgIpc) is 2.20. The average molecular weight is 213 g/mol. The number of hydrogen-bond donors (Lipinski definition) is 1. The third-order valence-electron chi connectivity index (χ3n) is 1.77. The van der Waals surface area contributed by atoms with Crippen LogP contribution in [-0.4, -0.2) is 19.5 Å². The molecule has 1 aromatic carbocycles. The summed E-state index contributed by atoms with van der Waals surface area (Å²) in [7, 11) is 1.64. The van der Waals surface area contributed by atoms with E-state index in [1.54, 1.807) is 19.2 Å². The van der Waals surface area contributed by atoms with E-state index >= 15 is 0 Å². The summed E-state index contributed by atoms with van der Waals surface area (Å²) in [5.41, 5.74) is 6.44. The summed E-state index contributed by atoms with van der Waals surface area (Å²) in [4.78, 5) is 3.87. The molecule has 0 atom stereocenters. The van der Waals surface area contributed by atoms with E-state index in [1.165, 1.54) is 0 Å². The molecular formula is C10H13ClN2O. The van der Waals surface area contributed by atoms with Crippen molar-refractivity contribution in [2.45, 2.75) is 6.92 Å². The number of benzene rings is 1. The zero-order valence-electron chi connectivity index (χ0n) is 8.25. The van der Waals surface area contributed by atoms with Gasteiger partial charge >= 0.3 is 0 Å². The lowest BCUT2D eigenvalue weighted by molar-refractivity contribution is 0.340. The number of rotatable bonds is 3. The first-order chi connectivity index (χ1) is 6.69. The molecule has 0 saturated heterocycles. The zero-order valence-corrected chi connectivity index (χ0v) is 9.01. The summed E-state index contributed by atoms with van der Waals surface area (Å²) in [5.74, 6) is 1.14. The van der Waals surface area contributed by atoms with Crippen molar-refractivity contribution in [2.24, 2.45) is 10.7 Å². The Balaban J connectivity index is 3.00. The molecule has 76 valence electrons. The summed E-state index contributed by atoms with van der Waals surface area (Å²) in [6, 6.07) is 5.37. The molecule has 0 heterocycles. The van der Waals surface area contributed by atoms with E-state index in [0.29, 0.717) is 23.2 Å². The predicted octanol–water partition coefficient (Wildman–Crippen LogP) is 2.07. The van der Waals surface area contributed by atoms with Gasteiger partial charge in [-0.15, -0.1) is 0 Å². The van der Waals surface area contributed by atoms with E-state index in [0.717, 1.165) is 5.56 Å². The third-order valence-corrected chi connectivity index (χ3v) is 2.06. The van der Waals surface area contributed by atoms with E-state index < -0.39 is 0 Å². The standard InChI is InChI=1S/C10H13ClN2O/c1-3-14-9-5-4-7(6-8(9)11)10(12)13-2/h4-6H,3H2,1-2H3,(H2,12,13). The van der Waals surface area contributed by atoms with E-state index in [9.17, 15) is 0 Å². The molecule has 2 N–H and O–H groups in total. The van der Waals surface area contributed by atoms with Crippen LogP contribution in [0.2, 0.25) is 5.02 Å². The first-order valence-corrected chi connectivity index (χ1v) is 4.71. The van der Waals surface area contributed by atoms with Crippen LogP contribution in [0.5, 0.6) is 5.75 Å². The fourth-order valence-electron chi connectivity index (χ4n) is 1.06. The summed E-state index contributed by atoms with van der Waals surface area (Å²) in [6.07, 6.45) is 0. The fourth-order valence-corrected chi connectivity index (χ4v) is 1.30. The highest BCUT2D eigenvalue weighted by Crippen LogP contribution is 2.25. The van der Waals surface area contributed by atoms with Crippen LogP contribution in [0.15, 0.2) is 23.2 Å². The molecule has 0 aliphatic carbocycles. The lowest BCUT2D eigenvalue weighted by Gasteiger charge is -2.06. The van der Waals surface area contributed by atoms with Crippen molar-refractivity contribution < 1.29 is 4.74 Å². The normalized spacial score (nSPS) is 11.5. The van der Waals surface area contributed by atoms with Crippen LogP contribution in [0.25, 0.3) is 0 Å². The van der Waals surface area contributed by atoms with Crippen LogP contribution in [0.1, 0.15) is 12.5 Å². The molecule has 0 unspecified atom stereocenters. The number of halogens is 1. The molecule has 14 heavy (non-hydrogen) atoms. The molecular weight excluding hydrogens is 200 g/mol. The van der Waals surface area contributed by atoms with Crippen LogP contribution < -0.4 is 10.5 Å². The third kappa shape index (κ3) is 2.39. The summed E-state index contributed by atoms with van der Waals surface area (Å²) in [5, 5.41) is 0.552. The zero-order chi connectivity index (χ0) is 10.6. The van der Waals surface area contributed by atoms with Gasteiger partial charge in [0.2, 0.25) is 0 Å². The highest BCUT2D eigenvalue weighted by atomic mass is 35.5. The van der Waals surface area contributed by atoms with E-state index in [1.807, 2.05) is 13.0 Å². The largest absolute Gasteiger partial charge is 0.492 e. The van der Waals surface area contributed by atoms with Gasteiger partial charge in [-0.1, -0.05) is 11.6 Å². The second-order valence-corrected chi connectivity index (χ2v) is 3.09. The summed E-state index contributed by atoms with van der Waals surface area (Å²) >= 11 is 5.97. The molecule has 0 aromatic heterocycles.